The van der Waals surface area contributed by atoms with Crippen LogP contribution in [0, 0.1) is 11.8 Å². The Morgan fingerprint density at radius 3 is 2.75 bits per heavy atom. The summed E-state index contributed by atoms with van der Waals surface area (Å²) in [5.41, 5.74) is 4.05. The number of carbonyl (C=O) groups excluding carboxylic acids is 2. The Bertz CT molecular complexity index is 1110. The van der Waals surface area contributed by atoms with Gasteiger partial charge in [0.2, 0.25) is 5.91 Å². The maximum absolute atomic E-state index is 12.7. The number of thiophene rings is 1. The third kappa shape index (κ3) is 3.83. The molecule has 0 atom stereocenters. The van der Waals surface area contributed by atoms with E-state index in [4.69, 9.17) is 0 Å². The summed E-state index contributed by atoms with van der Waals surface area (Å²) in [5, 5.41) is 4.93. The smallest absolute Gasteiger partial charge is 0.255 e. The fourth-order valence-electron chi connectivity index (χ4n) is 3.23. The fourth-order valence-corrected chi connectivity index (χ4v) is 3.80. The van der Waals surface area contributed by atoms with Gasteiger partial charge in [0.25, 0.3) is 5.91 Å². The quantitative estimate of drug-likeness (QED) is 0.667. The Kier molecular flexibility index (Phi) is 4.96. The van der Waals surface area contributed by atoms with Crippen molar-refractivity contribution in [2.75, 3.05) is 16.8 Å². The van der Waals surface area contributed by atoms with E-state index in [0.29, 0.717) is 17.8 Å². The van der Waals surface area contributed by atoms with E-state index in [0.717, 1.165) is 28.1 Å². The number of amides is 2. The van der Waals surface area contributed by atoms with E-state index in [1.807, 2.05) is 53.9 Å². The molecule has 0 radical (unpaired) electrons. The second-order valence-electron chi connectivity index (χ2n) is 6.53. The van der Waals surface area contributed by atoms with Gasteiger partial charge in [-0.25, -0.2) is 0 Å². The maximum Gasteiger partial charge on any atom is 0.255 e. The highest BCUT2D eigenvalue weighted by molar-refractivity contribution is 7.10. The van der Waals surface area contributed by atoms with E-state index in [1.54, 1.807) is 29.2 Å². The first-order valence-electron chi connectivity index (χ1n) is 8.98. The SMILES string of the molecule is CC(=O)N1CCc2cc(C(=O)Nc3cccc(C#Cc4cccs4)c3)ccc21. The van der Waals surface area contributed by atoms with Gasteiger partial charge in [-0.15, -0.1) is 11.3 Å². The molecule has 1 aromatic heterocycles. The Morgan fingerprint density at radius 1 is 1.07 bits per heavy atom. The molecule has 2 heterocycles. The zero-order valence-corrected chi connectivity index (χ0v) is 16.2. The van der Waals surface area contributed by atoms with Gasteiger partial charge in [-0.3, -0.25) is 9.59 Å². The summed E-state index contributed by atoms with van der Waals surface area (Å²) in [6.07, 6.45) is 0.768. The van der Waals surface area contributed by atoms with Crippen molar-refractivity contribution in [1.82, 2.24) is 0 Å². The van der Waals surface area contributed by atoms with Crippen LogP contribution in [0.5, 0.6) is 0 Å². The van der Waals surface area contributed by atoms with Crippen LogP contribution >= 0.6 is 11.3 Å². The zero-order chi connectivity index (χ0) is 19.5. The summed E-state index contributed by atoms with van der Waals surface area (Å²) in [4.78, 5) is 27.1. The monoisotopic (exact) mass is 386 g/mol. The van der Waals surface area contributed by atoms with Gasteiger partial charge in [-0.05, 0) is 59.8 Å². The van der Waals surface area contributed by atoms with Crippen molar-refractivity contribution in [3.63, 3.8) is 0 Å². The van der Waals surface area contributed by atoms with Gasteiger partial charge in [0.1, 0.15) is 0 Å². The van der Waals surface area contributed by atoms with Crippen LogP contribution in [0.15, 0.2) is 60.0 Å². The van der Waals surface area contributed by atoms with Crippen LogP contribution in [0.1, 0.15) is 33.3 Å². The summed E-state index contributed by atoms with van der Waals surface area (Å²) in [7, 11) is 0. The number of rotatable bonds is 2. The molecule has 0 saturated carbocycles. The van der Waals surface area contributed by atoms with E-state index in [2.05, 4.69) is 17.2 Å². The Morgan fingerprint density at radius 2 is 1.96 bits per heavy atom. The maximum atomic E-state index is 12.7. The van der Waals surface area contributed by atoms with Crippen molar-refractivity contribution in [2.24, 2.45) is 0 Å². The van der Waals surface area contributed by atoms with Gasteiger partial charge in [-0.2, -0.15) is 0 Å². The molecule has 0 bridgehead atoms. The normalized spacial score (nSPS) is 12.1. The van der Waals surface area contributed by atoms with Crippen molar-refractivity contribution in [3.8, 4) is 11.8 Å². The van der Waals surface area contributed by atoms with E-state index in [1.165, 1.54) is 0 Å². The lowest BCUT2D eigenvalue weighted by Gasteiger charge is -2.14. The summed E-state index contributed by atoms with van der Waals surface area (Å²) in [6.45, 7) is 2.23. The van der Waals surface area contributed by atoms with E-state index < -0.39 is 0 Å². The molecule has 1 aliphatic heterocycles. The number of fused-ring (bicyclic) bond motifs is 1. The predicted molar refractivity (Wildman–Crippen MR) is 113 cm³/mol. The largest absolute Gasteiger partial charge is 0.322 e. The number of hydrogen-bond donors (Lipinski definition) is 1. The van der Waals surface area contributed by atoms with Crippen LogP contribution in [-0.2, 0) is 11.2 Å². The average Bonchev–Trinajstić information content (AvgIpc) is 3.35. The first-order chi connectivity index (χ1) is 13.6. The minimum atomic E-state index is -0.174. The van der Waals surface area contributed by atoms with Crippen LogP contribution in [0.4, 0.5) is 11.4 Å². The van der Waals surface area contributed by atoms with Gasteiger partial charge >= 0.3 is 0 Å². The molecule has 0 spiro atoms. The lowest BCUT2D eigenvalue weighted by Crippen LogP contribution is -2.25. The van der Waals surface area contributed by atoms with Crippen molar-refractivity contribution in [3.05, 3.63) is 81.5 Å². The fraction of sp³-hybridized carbons (Fsp3) is 0.130. The molecule has 28 heavy (non-hydrogen) atoms. The standard InChI is InChI=1S/C23H18N2O2S/c1-16(26)25-12-11-18-15-19(8-10-22(18)25)23(27)24-20-5-2-4-17(14-20)7-9-21-6-3-13-28-21/h2-6,8,10,13-15H,11-12H2,1H3,(H,24,27). The lowest BCUT2D eigenvalue weighted by molar-refractivity contribution is -0.116. The van der Waals surface area contributed by atoms with Crippen LogP contribution in [-0.4, -0.2) is 18.4 Å². The Hall–Kier alpha value is -3.36. The van der Waals surface area contributed by atoms with Crippen LogP contribution in [0.2, 0.25) is 0 Å². The minimum absolute atomic E-state index is 0.0245. The van der Waals surface area contributed by atoms with Crippen molar-refractivity contribution in [2.45, 2.75) is 13.3 Å². The summed E-state index contributed by atoms with van der Waals surface area (Å²) >= 11 is 1.60. The van der Waals surface area contributed by atoms with Gasteiger partial charge in [0, 0.05) is 36.0 Å². The van der Waals surface area contributed by atoms with E-state index in [-0.39, 0.29) is 11.8 Å². The number of nitrogens with one attached hydrogen (secondary N) is 1. The second kappa shape index (κ2) is 7.71. The first kappa shape index (κ1) is 18.0. The van der Waals surface area contributed by atoms with Crippen LogP contribution in [0.3, 0.4) is 0 Å². The Labute approximate surface area is 167 Å². The van der Waals surface area contributed by atoms with E-state index in [9.17, 15) is 9.59 Å². The van der Waals surface area contributed by atoms with Crippen molar-refractivity contribution >= 4 is 34.5 Å². The average molecular weight is 386 g/mol. The molecule has 2 aromatic carbocycles. The molecule has 138 valence electrons. The molecule has 0 saturated heterocycles. The number of carbonyl (C=O) groups is 2. The van der Waals surface area contributed by atoms with Gasteiger partial charge < -0.3 is 10.2 Å². The molecular formula is C23H18N2O2S. The molecule has 4 nitrogen and oxygen atoms in total. The molecule has 1 N–H and O–H groups in total. The third-order valence-electron chi connectivity index (χ3n) is 4.59. The molecule has 1 aliphatic rings. The molecule has 5 heteroatoms. The highest BCUT2D eigenvalue weighted by atomic mass is 32.1. The second-order valence-corrected chi connectivity index (χ2v) is 7.47. The molecule has 0 aliphatic carbocycles. The summed E-state index contributed by atoms with van der Waals surface area (Å²) < 4.78 is 0. The molecule has 3 aromatic rings. The molecule has 0 unspecified atom stereocenters. The van der Waals surface area contributed by atoms with Crippen molar-refractivity contribution < 1.29 is 9.59 Å². The highest BCUT2D eigenvalue weighted by Crippen LogP contribution is 2.29. The van der Waals surface area contributed by atoms with E-state index >= 15 is 0 Å². The Balaban J connectivity index is 1.50. The number of anilines is 2. The zero-order valence-electron chi connectivity index (χ0n) is 15.4. The highest BCUT2D eigenvalue weighted by Gasteiger charge is 2.23. The first-order valence-corrected chi connectivity index (χ1v) is 9.86. The van der Waals surface area contributed by atoms with Crippen LogP contribution < -0.4 is 10.2 Å². The molecule has 0 fully saturated rings. The van der Waals surface area contributed by atoms with Gasteiger partial charge in [-0.1, -0.05) is 24.0 Å². The van der Waals surface area contributed by atoms with Crippen molar-refractivity contribution in [1.29, 1.82) is 0 Å². The number of hydrogen-bond acceptors (Lipinski definition) is 3. The van der Waals surface area contributed by atoms with Gasteiger partial charge in [0.05, 0.1) is 4.88 Å². The number of nitrogens with zero attached hydrogens (tertiary/aromatic N) is 1. The lowest BCUT2D eigenvalue weighted by atomic mass is 10.1. The third-order valence-corrected chi connectivity index (χ3v) is 5.37. The summed E-state index contributed by atoms with van der Waals surface area (Å²) in [6, 6.07) is 16.9. The minimum Gasteiger partial charge on any atom is -0.322 e. The van der Waals surface area contributed by atoms with Crippen LogP contribution in [0.25, 0.3) is 0 Å². The molecule has 4 rings (SSSR count). The topological polar surface area (TPSA) is 49.4 Å². The summed E-state index contributed by atoms with van der Waals surface area (Å²) in [5.74, 6) is 6.09. The molecular weight excluding hydrogens is 368 g/mol. The number of benzene rings is 2. The van der Waals surface area contributed by atoms with Gasteiger partial charge in [0.15, 0.2) is 0 Å². The molecule has 2 amide bonds. The predicted octanol–water partition coefficient (Wildman–Crippen LogP) is 4.31.